The minimum atomic E-state index is 0.236. The van der Waals surface area contributed by atoms with E-state index in [1.165, 1.54) is 0 Å². The number of methoxy groups -OCH3 is 1. The van der Waals surface area contributed by atoms with Gasteiger partial charge in [0.2, 0.25) is 0 Å². The van der Waals surface area contributed by atoms with Gasteiger partial charge in [-0.2, -0.15) is 0 Å². The third-order valence-corrected chi connectivity index (χ3v) is 5.29. The van der Waals surface area contributed by atoms with Gasteiger partial charge in [-0.25, -0.2) is 9.98 Å². The summed E-state index contributed by atoms with van der Waals surface area (Å²) in [5.74, 6) is 2.60. The lowest BCUT2D eigenvalue weighted by molar-refractivity contribution is -0.00545. The van der Waals surface area contributed by atoms with Crippen LogP contribution in [0, 0.1) is 5.92 Å². The zero-order valence-electron chi connectivity index (χ0n) is 17.7. The summed E-state index contributed by atoms with van der Waals surface area (Å²) < 4.78 is 11.1. The van der Waals surface area contributed by atoms with E-state index in [1.807, 2.05) is 6.20 Å². The molecule has 0 aliphatic carbocycles. The van der Waals surface area contributed by atoms with E-state index < -0.39 is 0 Å². The van der Waals surface area contributed by atoms with Gasteiger partial charge in [-0.3, -0.25) is 0 Å². The van der Waals surface area contributed by atoms with Crippen molar-refractivity contribution in [3.63, 3.8) is 0 Å². The number of hydrogen-bond acceptors (Lipinski definition) is 5. The Labute approximate surface area is 169 Å². The van der Waals surface area contributed by atoms with Crippen molar-refractivity contribution in [2.75, 3.05) is 51.3 Å². The summed E-state index contributed by atoms with van der Waals surface area (Å²) in [5.41, 5.74) is 1.13. The maximum atomic E-state index is 5.81. The number of nitrogens with one attached hydrogen (secondary N) is 1. The second kappa shape index (κ2) is 10.1. The number of likely N-dealkylation sites (tertiary alicyclic amines) is 1. The largest absolute Gasteiger partial charge is 0.384 e. The fraction of sp³-hybridized carbons (Fsp3) is 0.714. The van der Waals surface area contributed by atoms with E-state index in [4.69, 9.17) is 14.5 Å². The number of morpholine rings is 1. The molecule has 1 aromatic rings. The van der Waals surface area contributed by atoms with E-state index in [-0.39, 0.29) is 12.2 Å². The van der Waals surface area contributed by atoms with Crippen LogP contribution in [0.2, 0.25) is 0 Å². The Morgan fingerprint density at radius 2 is 2.07 bits per heavy atom. The third-order valence-electron chi connectivity index (χ3n) is 5.29. The van der Waals surface area contributed by atoms with E-state index in [0.717, 1.165) is 63.1 Å². The summed E-state index contributed by atoms with van der Waals surface area (Å²) in [7, 11) is 1.77. The van der Waals surface area contributed by atoms with Crippen molar-refractivity contribution in [1.82, 2.24) is 15.2 Å². The van der Waals surface area contributed by atoms with Gasteiger partial charge in [-0.15, -0.1) is 0 Å². The second-order valence-electron chi connectivity index (χ2n) is 7.91. The van der Waals surface area contributed by atoms with Gasteiger partial charge in [0.05, 0.1) is 25.4 Å². The molecule has 2 aliphatic heterocycles. The van der Waals surface area contributed by atoms with E-state index >= 15 is 0 Å². The Hall–Kier alpha value is -1.86. The molecule has 156 valence electrons. The average Bonchev–Trinajstić information content (AvgIpc) is 3.13. The minimum Gasteiger partial charge on any atom is -0.384 e. The van der Waals surface area contributed by atoms with Crippen molar-refractivity contribution in [3.8, 4) is 0 Å². The standard InChI is InChI=1S/C21H35N5O2/c1-5-22-21(25-9-8-19(14-25)15-27-4)24-11-18-6-7-20(23-10-18)26-12-16(2)28-17(3)13-26/h6-7,10,16-17,19H,5,8-9,11-15H2,1-4H3,(H,22,24). The molecular formula is C21H35N5O2. The van der Waals surface area contributed by atoms with Crippen LogP contribution >= 0.6 is 0 Å². The molecule has 0 amide bonds. The molecule has 3 atom stereocenters. The summed E-state index contributed by atoms with van der Waals surface area (Å²) in [6, 6.07) is 4.24. The normalized spacial score (nSPS) is 26.0. The predicted molar refractivity (Wildman–Crippen MR) is 113 cm³/mol. The quantitative estimate of drug-likeness (QED) is 0.594. The molecule has 7 nitrogen and oxygen atoms in total. The summed E-state index contributed by atoms with van der Waals surface area (Å²) >= 11 is 0. The number of nitrogens with zero attached hydrogens (tertiary/aromatic N) is 4. The van der Waals surface area contributed by atoms with E-state index in [1.54, 1.807) is 7.11 Å². The van der Waals surface area contributed by atoms with Gasteiger partial charge in [0.1, 0.15) is 5.82 Å². The maximum absolute atomic E-state index is 5.81. The highest BCUT2D eigenvalue weighted by atomic mass is 16.5. The lowest BCUT2D eigenvalue weighted by Crippen LogP contribution is -2.45. The van der Waals surface area contributed by atoms with Gasteiger partial charge in [0.15, 0.2) is 5.96 Å². The highest BCUT2D eigenvalue weighted by molar-refractivity contribution is 5.80. The highest BCUT2D eigenvalue weighted by Crippen LogP contribution is 2.19. The van der Waals surface area contributed by atoms with Crippen LogP contribution in [0.5, 0.6) is 0 Å². The van der Waals surface area contributed by atoms with Gasteiger partial charge >= 0.3 is 0 Å². The van der Waals surface area contributed by atoms with Gasteiger partial charge in [0.25, 0.3) is 0 Å². The van der Waals surface area contributed by atoms with Crippen molar-refractivity contribution < 1.29 is 9.47 Å². The number of ether oxygens (including phenoxy) is 2. The smallest absolute Gasteiger partial charge is 0.194 e. The fourth-order valence-electron chi connectivity index (χ4n) is 4.05. The first-order valence-electron chi connectivity index (χ1n) is 10.5. The lowest BCUT2D eigenvalue weighted by Gasteiger charge is -2.36. The topological polar surface area (TPSA) is 62.2 Å². The number of pyridine rings is 1. The third kappa shape index (κ3) is 5.58. The number of guanidine groups is 1. The Morgan fingerprint density at radius 1 is 1.29 bits per heavy atom. The van der Waals surface area contributed by atoms with E-state index in [2.05, 4.69) is 53.0 Å². The minimum absolute atomic E-state index is 0.236. The molecule has 0 radical (unpaired) electrons. The Bertz CT molecular complexity index is 626. The molecule has 2 saturated heterocycles. The number of hydrogen-bond donors (Lipinski definition) is 1. The maximum Gasteiger partial charge on any atom is 0.194 e. The first-order valence-corrected chi connectivity index (χ1v) is 10.5. The molecule has 1 N–H and O–H groups in total. The zero-order chi connectivity index (χ0) is 19.9. The van der Waals surface area contributed by atoms with Crippen LogP contribution in [-0.2, 0) is 16.0 Å². The molecule has 7 heteroatoms. The molecule has 2 aliphatic rings. The predicted octanol–water partition coefficient (Wildman–Crippen LogP) is 2.13. The summed E-state index contributed by atoms with van der Waals surface area (Å²) in [6.45, 7) is 12.5. The van der Waals surface area contributed by atoms with Crippen molar-refractivity contribution in [3.05, 3.63) is 23.9 Å². The van der Waals surface area contributed by atoms with Crippen LogP contribution in [0.3, 0.4) is 0 Å². The average molecular weight is 390 g/mol. The number of aromatic nitrogens is 1. The number of anilines is 1. The van der Waals surface area contributed by atoms with Crippen LogP contribution in [0.15, 0.2) is 23.3 Å². The SMILES string of the molecule is CCNC(=NCc1ccc(N2CC(C)OC(C)C2)nc1)N1CCC(COC)C1. The first-order chi connectivity index (χ1) is 13.6. The van der Waals surface area contributed by atoms with Gasteiger partial charge < -0.3 is 24.6 Å². The molecule has 1 aromatic heterocycles. The van der Waals surface area contributed by atoms with Crippen molar-refractivity contribution in [2.24, 2.45) is 10.9 Å². The molecule has 3 unspecified atom stereocenters. The monoisotopic (exact) mass is 389 g/mol. The number of aliphatic imine (C=N–C) groups is 1. The Balaban J connectivity index is 1.60. The second-order valence-corrected chi connectivity index (χ2v) is 7.91. The molecule has 0 saturated carbocycles. The number of rotatable bonds is 6. The molecule has 3 heterocycles. The van der Waals surface area contributed by atoms with Gasteiger partial charge in [-0.1, -0.05) is 6.07 Å². The van der Waals surface area contributed by atoms with Crippen molar-refractivity contribution >= 4 is 11.8 Å². The summed E-state index contributed by atoms with van der Waals surface area (Å²) in [6.07, 6.45) is 3.58. The van der Waals surface area contributed by atoms with Crippen LogP contribution in [0.1, 0.15) is 32.8 Å². The summed E-state index contributed by atoms with van der Waals surface area (Å²) in [4.78, 5) is 14.2. The van der Waals surface area contributed by atoms with Crippen LogP contribution in [-0.4, -0.2) is 74.5 Å². The van der Waals surface area contributed by atoms with Gasteiger partial charge in [0, 0.05) is 51.9 Å². The van der Waals surface area contributed by atoms with E-state index in [0.29, 0.717) is 12.5 Å². The Kier molecular flexibility index (Phi) is 7.50. The molecule has 0 spiro atoms. The molecule has 0 bridgehead atoms. The Morgan fingerprint density at radius 3 is 2.71 bits per heavy atom. The molecule has 0 aromatic carbocycles. The van der Waals surface area contributed by atoms with Crippen molar-refractivity contribution in [2.45, 2.75) is 45.9 Å². The molecule has 3 rings (SSSR count). The molecular weight excluding hydrogens is 354 g/mol. The highest BCUT2D eigenvalue weighted by Gasteiger charge is 2.25. The lowest BCUT2D eigenvalue weighted by atomic mass is 10.1. The van der Waals surface area contributed by atoms with Crippen molar-refractivity contribution in [1.29, 1.82) is 0 Å². The van der Waals surface area contributed by atoms with E-state index in [9.17, 15) is 0 Å². The first kappa shape index (κ1) is 20.9. The fourth-order valence-corrected chi connectivity index (χ4v) is 4.05. The zero-order valence-corrected chi connectivity index (χ0v) is 17.7. The molecule has 28 heavy (non-hydrogen) atoms. The van der Waals surface area contributed by atoms with Crippen LogP contribution in [0.25, 0.3) is 0 Å². The van der Waals surface area contributed by atoms with Crippen LogP contribution < -0.4 is 10.2 Å². The molecule has 2 fully saturated rings. The van der Waals surface area contributed by atoms with Crippen LogP contribution in [0.4, 0.5) is 5.82 Å². The van der Waals surface area contributed by atoms with Gasteiger partial charge in [-0.05, 0) is 38.8 Å². The summed E-state index contributed by atoms with van der Waals surface area (Å²) in [5, 5.41) is 3.42.